The van der Waals surface area contributed by atoms with E-state index in [0.29, 0.717) is 0 Å². The summed E-state index contributed by atoms with van der Waals surface area (Å²) in [6.07, 6.45) is 0. The van der Waals surface area contributed by atoms with Gasteiger partial charge in [0.2, 0.25) is 0 Å². The molecule has 0 atom stereocenters. The van der Waals surface area contributed by atoms with Crippen LogP contribution >= 0.6 is 15.9 Å². The molecule has 0 fully saturated rings. The molecule has 4 heteroatoms. The van der Waals surface area contributed by atoms with E-state index in [9.17, 15) is 0 Å². The van der Waals surface area contributed by atoms with Gasteiger partial charge in [0.15, 0.2) is 0 Å². The van der Waals surface area contributed by atoms with Gasteiger partial charge in [-0.1, -0.05) is 18.2 Å². The summed E-state index contributed by atoms with van der Waals surface area (Å²) in [7, 11) is 4.10. The maximum Gasteiger partial charge on any atom is 0.106 e. The van der Waals surface area contributed by atoms with Crippen LogP contribution in [0.5, 0.6) is 0 Å². The summed E-state index contributed by atoms with van der Waals surface area (Å²) in [5.41, 5.74) is 3.54. The summed E-state index contributed by atoms with van der Waals surface area (Å²) in [5.74, 6) is 0. The van der Waals surface area contributed by atoms with Crippen molar-refractivity contribution < 1.29 is 0 Å². The van der Waals surface area contributed by atoms with Crippen molar-refractivity contribution in [3.05, 3.63) is 58.3 Å². The number of hydrogen-bond acceptors (Lipinski definition) is 3. The first-order chi connectivity index (χ1) is 9.15. The molecule has 0 amide bonds. The monoisotopic (exact) mass is 319 g/mol. The van der Waals surface area contributed by atoms with Gasteiger partial charge in [0, 0.05) is 32.9 Å². The molecule has 1 aromatic carbocycles. The summed E-state index contributed by atoms with van der Waals surface area (Å²) in [6, 6.07) is 14.5. The molecule has 100 valence electrons. The van der Waals surface area contributed by atoms with Gasteiger partial charge >= 0.3 is 0 Å². The van der Waals surface area contributed by atoms with Crippen molar-refractivity contribution >= 4 is 21.6 Å². The maximum atomic E-state index is 4.39. The molecule has 3 nitrogen and oxygen atoms in total. The number of rotatable bonds is 5. The van der Waals surface area contributed by atoms with E-state index in [-0.39, 0.29) is 0 Å². The van der Waals surface area contributed by atoms with Crippen LogP contribution in [-0.2, 0) is 13.1 Å². The van der Waals surface area contributed by atoms with E-state index in [1.807, 2.05) is 32.3 Å². The van der Waals surface area contributed by atoms with Crippen molar-refractivity contribution in [2.24, 2.45) is 0 Å². The van der Waals surface area contributed by atoms with Crippen molar-refractivity contribution in [1.29, 1.82) is 0 Å². The minimum Gasteiger partial charge on any atom is -0.378 e. The Hall–Kier alpha value is -1.39. The Morgan fingerprint density at radius 3 is 2.42 bits per heavy atom. The second kappa shape index (κ2) is 6.68. The second-order valence-electron chi connectivity index (χ2n) is 4.62. The van der Waals surface area contributed by atoms with Gasteiger partial charge in [-0.15, -0.1) is 0 Å². The van der Waals surface area contributed by atoms with E-state index in [0.717, 1.165) is 23.4 Å². The number of benzene rings is 1. The van der Waals surface area contributed by atoms with Gasteiger partial charge in [-0.3, -0.25) is 0 Å². The highest BCUT2D eigenvalue weighted by atomic mass is 79.9. The lowest BCUT2D eigenvalue weighted by molar-refractivity contribution is 0.678. The van der Waals surface area contributed by atoms with Crippen LogP contribution in [0.3, 0.4) is 0 Å². The largest absolute Gasteiger partial charge is 0.378 e. The van der Waals surface area contributed by atoms with Crippen LogP contribution in [-0.4, -0.2) is 19.1 Å². The van der Waals surface area contributed by atoms with Crippen LogP contribution in [0.15, 0.2) is 47.1 Å². The molecule has 2 rings (SSSR count). The zero-order valence-electron chi connectivity index (χ0n) is 11.2. The number of nitrogens with zero attached hydrogens (tertiary/aromatic N) is 2. The lowest BCUT2D eigenvalue weighted by Crippen LogP contribution is -2.14. The fourth-order valence-electron chi connectivity index (χ4n) is 1.80. The van der Waals surface area contributed by atoms with Gasteiger partial charge in [0.05, 0.1) is 5.69 Å². The van der Waals surface area contributed by atoms with E-state index < -0.39 is 0 Å². The van der Waals surface area contributed by atoms with Crippen molar-refractivity contribution in [3.8, 4) is 0 Å². The Morgan fingerprint density at radius 1 is 1.05 bits per heavy atom. The first-order valence-corrected chi connectivity index (χ1v) is 7.03. The van der Waals surface area contributed by atoms with Gasteiger partial charge in [-0.05, 0) is 45.8 Å². The molecular weight excluding hydrogens is 302 g/mol. The van der Waals surface area contributed by atoms with Crippen molar-refractivity contribution in [2.75, 3.05) is 19.0 Å². The standard InChI is InChI=1S/C15H18BrN3/c1-19(2)14-8-6-12(7-9-14)10-17-11-13-4-3-5-15(16)18-13/h3-9,17H,10-11H2,1-2H3. The molecular formula is C15H18BrN3. The van der Waals surface area contributed by atoms with Gasteiger partial charge in [0.1, 0.15) is 4.60 Å². The summed E-state index contributed by atoms with van der Waals surface area (Å²) >= 11 is 3.38. The summed E-state index contributed by atoms with van der Waals surface area (Å²) in [6.45, 7) is 1.62. The Morgan fingerprint density at radius 2 is 1.79 bits per heavy atom. The number of hydrogen-bond donors (Lipinski definition) is 1. The summed E-state index contributed by atoms with van der Waals surface area (Å²) in [4.78, 5) is 6.49. The predicted molar refractivity (Wildman–Crippen MR) is 83.2 cm³/mol. The first kappa shape index (κ1) is 14.0. The highest BCUT2D eigenvalue weighted by molar-refractivity contribution is 9.10. The van der Waals surface area contributed by atoms with E-state index in [1.54, 1.807) is 0 Å². The highest BCUT2D eigenvalue weighted by Gasteiger charge is 1.98. The van der Waals surface area contributed by atoms with E-state index in [4.69, 9.17) is 0 Å². The predicted octanol–water partition coefficient (Wildman–Crippen LogP) is 3.20. The van der Waals surface area contributed by atoms with Crippen LogP contribution in [0, 0.1) is 0 Å². The molecule has 0 unspecified atom stereocenters. The molecule has 0 aliphatic rings. The van der Waals surface area contributed by atoms with Crippen LogP contribution in [0.25, 0.3) is 0 Å². The average Bonchev–Trinajstić information content (AvgIpc) is 2.39. The van der Waals surface area contributed by atoms with Crippen molar-refractivity contribution in [2.45, 2.75) is 13.1 Å². The lowest BCUT2D eigenvalue weighted by Gasteiger charge is -2.12. The van der Waals surface area contributed by atoms with Crippen LogP contribution in [0.1, 0.15) is 11.3 Å². The van der Waals surface area contributed by atoms with E-state index >= 15 is 0 Å². The topological polar surface area (TPSA) is 28.2 Å². The molecule has 0 bridgehead atoms. The smallest absolute Gasteiger partial charge is 0.106 e. The summed E-state index contributed by atoms with van der Waals surface area (Å²) < 4.78 is 0.877. The van der Waals surface area contributed by atoms with Crippen LogP contribution in [0.2, 0.25) is 0 Å². The average molecular weight is 320 g/mol. The van der Waals surface area contributed by atoms with Crippen molar-refractivity contribution in [1.82, 2.24) is 10.3 Å². The highest BCUT2D eigenvalue weighted by Crippen LogP contribution is 2.12. The number of nitrogens with one attached hydrogen (secondary N) is 1. The third kappa shape index (κ3) is 4.33. The molecule has 0 radical (unpaired) electrons. The maximum absolute atomic E-state index is 4.39. The second-order valence-corrected chi connectivity index (χ2v) is 5.43. The van der Waals surface area contributed by atoms with Gasteiger partial charge < -0.3 is 10.2 Å². The quantitative estimate of drug-likeness (QED) is 0.858. The molecule has 19 heavy (non-hydrogen) atoms. The van der Waals surface area contributed by atoms with Gasteiger partial charge in [-0.25, -0.2) is 4.98 Å². The normalized spacial score (nSPS) is 10.5. The van der Waals surface area contributed by atoms with E-state index in [1.165, 1.54) is 11.3 Å². The molecule has 0 saturated carbocycles. The number of pyridine rings is 1. The summed E-state index contributed by atoms with van der Waals surface area (Å²) in [5, 5.41) is 3.40. The third-order valence-electron chi connectivity index (χ3n) is 2.86. The molecule has 1 aromatic heterocycles. The van der Waals surface area contributed by atoms with Crippen molar-refractivity contribution in [3.63, 3.8) is 0 Å². The van der Waals surface area contributed by atoms with Crippen LogP contribution < -0.4 is 10.2 Å². The zero-order chi connectivity index (χ0) is 13.7. The molecule has 0 aliphatic heterocycles. The first-order valence-electron chi connectivity index (χ1n) is 6.23. The minimum atomic E-state index is 0.773. The molecule has 1 N–H and O–H groups in total. The number of aromatic nitrogens is 1. The minimum absolute atomic E-state index is 0.773. The fourth-order valence-corrected chi connectivity index (χ4v) is 2.18. The Balaban J connectivity index is 1.85. The van der Waals surface area contributed by atoms with E-state index in [2.05, 4.69) is 55.4 Å². The molecule has 0 spiro atoms. The Bertz CT molecular complexity index is 523. The van der Waals surface area contributed by atoms with Gasteiger partial charge in [-0.2, -0.15) is 0 Å². The lowest BCUT2D eigenvalue weighted by atomic mass is 10.2. The number of halogens is 1. The number of anilines is 1. The van der Waals surface area contributed by atoms with Crippen LogP contribution in [0.4, 0.5) is 5.69 Å². The Labute approximate surface area is 122 Å². The molecule has 1 heterocycles. The molecule has 0 aliphatic carbocycles. The SMILES string of the molecule is CN(C)c1ccc(CNCc2cccc(Br)n2)cc1. The zero-order valence-corrected chi connectivity index (χ0v) is 12.8. The third-order valence-corrected chi connectivity index (χ3v) is 3.30. The molecule has 2 aromatic rings. The molecule has 0 saturated heterocycles. The fraction of sp³-hybridized carbons (Fsp3) is 0.267. The Kier molecular flexibility index (Phi) is 4.93. The van der Waals surface area contributed by atoms with Gasteiger partial charge in [0.25, 0.3) is 0 Å².